The largest absolute Gasteiger partial charge is 0.375 e. The Hall–Kier alpha value is -1.53. The summed E-state index contributed by atoms with van der Waals surface area (Å²) in [7, 11) is 0. The lowest BCUT2D eigenvalue weighted by Gasteiger charge is -2.23. The van der Waals surface area contributed by atoms with E-state index in [0.717, 1.165) is 19.0 Å². The summed E-state index contributed by atoms with van der Waals surface area (Å²) in [5.41, 5.74) is -0.276. The zero-order valence-corrected chi connectivity index (χ0v) is 10.6. The molecule has 1 fully saturated rings. The van der Waals surface area contributed by atoms with Crippen molar-refractivity contribution >= 4 is 5.69 Å². The lowest BCUT2D eigenvalue weighted by atomic mass is 10.1. The van der Waals surface area contributed by atoms with Crippen LogP contribution in [0.15, 0.2) is 18.2 Å². The summed E-state index contributed by atoms with van der Waals surface area (Å²) in [6, 6.07) is 4.44. The van der Waals surface area contributed by atoms with Gasteiger partial charge in [0.05, 0.1) is 18.1 Å². The molecule has 0 aromatic heterocycles. The summed E-state index contributed by atoms with van der Waals surface area (Å²) >= 11 is 0. The third-order valence-electron chi connectivity index (χ3n) is 3.24. The number of halogens is 1. The first-order chi connectivity index (χ1) is 9.18. The fraction of sp³-hybridized carbons (Fsp3) is 0.538. The standard InChI is InChI=1S/C13H17FN2O3/c14-13-10(4-3-6-12(13)16(17)18)8-19-9-11-5-1-2-7-15-11/h3-4,6,11,15H,1-2,5,7-9H2. The van der Waals surface area contributed by atoms with Gasteiger partial charge in [-0.3, -0.25) is 10.1 Å². The molecule has 6 heteroatoms. The van der Waals surface area contributed by atoms with Gasteiger partial charge in [-0.1, -0.05) is 18.6 Å². The van der Waals surface area contributed by atoms with Gasteiger partial charge in [0, 0.05) is 17.7 Å². The number of piperidine rings is 1. The molecule has 0 amide bonds. The highest BCUT2D eigenvalue weighted by atomic mass is 19.1. The zero-order chi connectivity index (χ0) is 13.7. The van der Waals surface area contributed by atoms with E-state index in [0.29, 0.717) is 12.6 Å². The molecule has 1 unspecified atom stereocenters. The molecule has 2 rings (SSSR count). The Kier molecular flexibility index (Phi) is 4.81. The van der Waals surface area contributed by atoms with Gasteiger partial charge < -0.3 is 10.1 Å². The van der Waals surface area contributed by atoms with Crippen molar-refractivity contribution in [1.82, 2.24) is 5.32 Å². The highest BCUT2D eigenvalue weighted by Crippen LogP contribution is 2.20. The third kappa shape index (κ3) is 3.71. The number of nitrogens with zero attached hydrogens (tertiary/aromatic N) is 1. The molecule has 1 N–H and O–H groups in total. The van der Waals surface area contributed by atoms with Gasteiger partial charge in [-0.25, -0.2) is 0 Å². The van der Waals surface area contributed by atoms with Crippen LogP contribution in [0.3, 0.4) is 0 Å². The summed E-state index contributed by atoms with van der Waals surface area (Å²) in [5, 5.41) is 13.9. The lowest BCUT2D eigenvalue weighted by molar-refractivity contribution is -0.387. The molecule has 1 heterocycles. The molecule has 0 radical (unpaired) electrons. The maximum atomic E-state index is 13.8. The number of nitrogens with one attached hydrogen (secondary N) is 1. The van der Waals surface area contributed by atoms with E-state index in [-0.39, 0.29) is 12.2 Å². The molecule has 1 saturated heterocycles. The van der Waals surface area contributed by atoms with E-state index in [1.807, 2.05) is 0 Å². The van der Waals surface area contributed by atoms with Crippen LogP contribution in [0.1, 0.15) is 24.8 Å². The second-order valence-electron chi connectivity index (χ2n) is 4.67. The molecule has 0 spiro atoms. The molecule has 5 nitrogen and oxygen atoms in total. The van der Waals surface area contributed by atoms with Crippen molar-refractivity contribution < 1.29 is 14.1 Å². The van der Waals surface area contributed by atoms with Crippen LogP contribution in [0, 0.1) is 15.9 Å². The monoisotopic (exact) mass is 268 g/mol. The maximum absolute atomic E-state index is 13.8. The maximum Gasteiger partial charge on any atom is 0.305 e. The molecule has 0 saturated carbocycles. The number of nitro groups is 1. The molecule has 1 aliphatic heterocycles. The number of hydrogen-bond donors (Lipinski definition) is 1. The molecule has 1 aliphatic rings. The zero-order valence-electron chi connectivity index (χ0n) is 10.6. The predicted molar refractivity (Wildman–Crippen MR) is 68.4 cm³/mol. The number of benzene rings is 1. The van der Waals surface area contributed by atoms with E-state index in [1.54, 1.807) is 0 Å². The molecule has 104 valence electrons. The van der Waals surface area contributed by atoms with E-state index >= 15 is 0 Å². The van der Waals surface area contributed by atoms with Crippen LogP contribution in [-0.2, 0) is 11.3 Å². The fourth-order valence-electron chi connectivity index (χ4n) is 2.20. The molecule has 1 atom stereocenters. The van der Waals surface area contributed by atoms with Gasteiger partial charge in [0.1, 0.15) is 0 Å². The van der Waals surface area contributed by atoms with Crippen LogP contribution < -0.4 is 5.32 Å². The quantitative estimate of drug-likeness (QED) is 0.658. The minimum atomic E-state index is -0.802. The highest BCUT2D eigenvalue weighted by Gasteiger charge is 2.18. The summed E-state index contributed by atoms with van der Waals surface area (Å²) in [5.74, 6) is -0.802. The van der Waals surface area contributed by atoms with Gasteiger partial charge in [-0.05, 0) is 19.4 Å². The fourth-order valence-corrected chi connectivity index (χ4v) is 2.20. The normalized spacial score (nSPS) is 19.3. The van der Waals surface area contributed by atoms with E-state index in [2.05, 4.69) is 5.32 Å². The topological polar surface area (TPSA) is 64.4 Å². The minimum absolute atomic E-state index is 0.0612. The Bertz CT molecular complexity index is 448. The van der Waals surface area contributed by atoms with Crippen molar-refractivity contribution in [3.05, 3.63) is 39.7 Å². The van der Waals surface area contributed by atoms with E-state index in [4.69, 9.17) is 4.74 Å². The Morgan fingerprint density at radius 1 is 1.47 bits per heavy atom. The van der Waals surface area contributed by atoms with Crippen LogP contribution in [0.5, 0.6) is 0 Å². The van der Waals surface area contributed by atoms with Crippen LogP contribution in [0.4, 0.5) is 10.1 Å². The van der Waals surface area contributed by atoms with Crippen molar-refractivity contribution in [2.45, 2.75) is 31.9 Å². The van der Waals surface area contributed by atoms with Crippen molar-refractivity contribution in [2.75, 3.05) is 13.2 Å². The van der Waals surface area contributed by atoms with E-state index < -0.39 is 16.4 Å². The van der Waals surface area contributed by atoms with E-state index in [1.165, 1.54) is 25.0 Å². The van der Waals surface area contributed by atoms with Crippen LogP contribution in [0.25, 0.3) is 0 Å². The molecule has 19 heavy (non-hydrogen) atoms. The lowest BCUT2D eigenvalue weighted by Crippen LogP contribution is -2.37. The van der Waals surface area contributed by atoms with Crippen LogP contribution in [-0.4, -0.2) is 24.1 Å². The first-order valence-corrected chi connectivity index (χ1v) is 6.41. The van der Waals surface area contributed by atoms with Gasteiger partial charge in [-0.15, -0.1) is 0 Å². The highest BCUT2D eigenvalue weighted by molar-refractivity contribution is 5.36. The van der Waals surface area contributed by atoms with Crippen LogP contribution >= 0.6 is 0 Å². The summed E-state index contributed by atoms with van der Waals surface area (Å²) in [6.45, 7) is 1.55. The average molecular weight is 268 g/mol. The summed E-state index contributed by atoms with van der Waals surface area (Å²) < 4.78 is 19.2. The Morgan fingerprint density at radius 2 is 2.32 bits per heavy atom. The molecule has 1 aromatic rings. The van der Waals surface area contributed by atoms with Gasteiger partial charge in [0.25, 0.3) is 0 Å². The molecule has 0 bridgehead atoms. The first-order valence-electron chi connectivity index (χ1n) is 6.41. The number of hydrogen-bond acceptors (Lipinski definition) is 4. The SMILES string of the molecule is O=[N+]([O-])c1cccc(COCC2CCCCN2)c1F. The van der Waals surface area contributed by atoms with Gasteiger partial charge >= 0.3 is 5.69 Å². The smallest absolute Gasteiger partial charge is 0.305 e. The molecular weight excluding hydrogens is 251 g/mol. The average Bonchev–Trinajstić information content (AvgIpc) is 2.41. The van der Waals surface area contributed by atoms with Crippen molar-refractivity contribution in [2.24, 2.45) is 0 Å². The van der Waals surface area contributed by atoms with Crippen molar-refractivity contribution in [3.8, 4) is 0 Å². The summed E-state index contributed by atoms with van der Waals surface area (Å²) in [4.78, 5) is 9.89. The molecule has 0 aliphatic carbocycles. The third-order valence-corrected chi connectivity index (χ3v) is 3.24. The number of ether oxygens (including phenoxy) is 1. The van der Waals surface area contributed by atoms with Gasteiger partial charge in [-0.2, -0.15) is 4.39 Å². The van der Waals surface area contributed by atoms with E-state index in [9.17, 15) is 14.5 Å². The Labute approximate surface area is 110 Å². The van der Waals surface area contributed by atoms with Crippen LogP contribution in [0.2, 0.25) is 0 Å². The predicted octanol–water partition coefficient (Wildman–Crippen LogP) is 2.39. The Balaban J connectivity index is 1.88. The first kappa shape index (κ1) is 13.9. The van der Waals surface area contributed by atoms with Gasteiger partial charge in [0.2, 0.25) is 5.82 Å². The number of nitro benzene ring substituents is 1. The second-order valence-corrected chi connectivity index (χ2v) is 4.67. The Morgan fingerprint density at radius 3 is 3.00 bits per heavy atom. The summed E-state index contributed by atoms with van der Waals surface area (Å²) in [6.07, 6.45) is 3.40. The minimum Gasteiger partial charge on any atom is -0.375 e. The van der Waals surface area contributed by atoms with Crippen molar-refractivity contribution in [1.29, 1.82) is 0 Å². The second kappa shape index (κ2) is 6.58. The van der Waals surface area contributed by atoms with Gasteiger partial charge in [0.15, 0.2) is 0 Å². The molecular formula is C13H17FN2O3. The van der Waals surface area contributed by atoms with Crippen molar-refractivity contribution in [3.63, 3.8) is 0 Å². The number of rotatable bonds is 5. The molecule has 1 aromatic carbocycles.